The Bertz CT molecular complexity index is 443. The van der Waals surface area contributed by atoms with Gasteiger partial charge in [-0.1, -0.05) is 47.1 Å². The van der Waals surface area contributed by atoms with Crippen molar-refractivity contribution in [2.24, 2.45) is 10.8 Å². The van der Waals surface area contributed by atoms with Gasteiger partial charge in [0.15, 0.2) is 5.78 Å². The molecule has 1 nitrogen and oxygen atoms in total. The van der Waals surface area contributed by atoms with Gasteiger partial charge < -0.3 is 0 Å². The van der Waals surface area contributed by atoms with Crippen LogP contribution in [0, 0.1) is 10.8 Å². The highest BCUT2D eigenvalue weighted by molar-refractivity contribution is 6.11. The Kier molecular flexibility index (Phi) is 2.92. The molecule has 0 aromatic heterocycles. The van der Waals surface area contributed by atoms with Crippen molar-refractivity contribution in [2.75, 3.05) is 0 Å². The third-order valence-electron chi connectivity index (χ3n) is 3.61. The number of ketones is 1. The number of allylic oxidation sites excluding steroid dienone is 6. The molecule has 0 aromatic carbocycles. The Labute approximate surface area is 111 Å². The summed E-state index contributed by atoms with van der Waals surface area (Å²) in [6.45, 7) is 12.7. The predicted molar refractivity (Wildman–Crippen MR) is 76.3 cm³/mol. The van der Waals surface area contributed by atoms with Crippen molar-refractivity contribution in [3.63, 3.8) is 0 Å². The Hall–Kier alpha value is -1.11. The van der Waals surface area contributed by atoms with Crippen LogP contribution in [0.4, 0.5) is 0 Å². The van der Waals surface area contributed by atoms with E-state index in [1.165, 1.54) is 24.0 Å². The first-order valence-electron chi connectivity index (χ1n) is 6.82. The van der Waals surface area contributed by atoms with Gasteiger partial charge in [-0.25, -0.2) is 0 Å². The average Bonchev–Trinajstić information content (AvgIpc) is 2.97. The molecule has 2 rings (SSSR count). The molecule has 0 heterocycles. The molecule has 1 saturated carbocycles. The van der Waals surface area contributed by atoms with E-state index in [1.54, 1.807) is 0 Å². The van der Waals surface area contributed by atoms with Crippen LogP contribution < -0.4 is 0 Å². The monoisotopic (exact) mass is 244 g/mol. The number of hydrogen-bond acceptors (Lipinski definition) is 1. The summed E-state index contributed by atoms with van der Waals surface area (Å²) in [5, 5.41) is 0. The Balaban J connectivity index is 2.53. The van der Waals surface area contributed by atoms with Gasteiger partial charge in [0.1, 0.15) is 0 Å². The number of hydrogen-bond donors (Lipinski definition) is 0. The zero-order valence-electron chi connectivity index (χ0n) is 12.5. The van der Waals surface area contributed by atoms with Crippen LogP contribution in [-0.4, -0.2) is 5.78 Å². The third kappa shape index (κ3) is 2.50. The van der Waals surface area contributed by atoms with Gasteiger partial charge in [-0.05, 0) is 41.4 Å². The fourth-order valence-electron chi connectivity index (χ4n) is 2.30. The smallest absolute Gasteiger partial charge is 0.186 e. The molecule has 98 valence electrons. The number of Topliss-reactive ketones (excluding diaryl/α,β-unsaturated/α-hetero) is 1. The van der Waals surface area contributed by atoms with Gasteiger partial charge in [0.25, 0.3) is 0 Å². The van der Waals surface area contributed by atoms with Gasteiger partial charge in [0.2, 0.25) is 0 Å². The average molecular weight is 244 g/mol. The van der Waals surface area contributed by atoms with Gasteiger partial charge in [-0.15, -0.1) is 0 Å². The van der Waals surface area contributed by atoms with E-state index < -0.39 is 0 Å². The van der Waals surface area contributed by atoms with Gasteiger partial charge in [0.05, 0.1) is 0 Å². The number of rotatable bonds is 0. The molecule has 0 bridgehead atoms. The molecular formula is C17H24O. The predicted octanol–water partition coefficient (Wildman–Crippen LogP) is 4.60. The lowest BCUT2D eigenvalue weighted by atomic mass is 9.72. The largest absolute Gasteiger partial charge is 0.289 e. The van der Waals surface area contributed by atoms with Crippen LogP contribution in [0.25, 0.3) is 0 Å². The van der Waals surface area contributed by atoms with Crippen LogP contribution in [0.15, 0.2) is 34.4 Å². The molecule has 2 aliphatic carbocycles. The summed E-state index contributed by atoms with van der Waals surface area (Å²) in [5.41, 5.74) is 4.56. The summed E-state index contributed by atoms with van der Waals surface area (Å²) in [5.74, 6) is 0.236. The van der Waals surface area contributed by atoms with Gasteiger partial charge in [-0.3, -0.25) is 4.79 Å². The lowest BCUT2D eigenvalue weighted by Crippen LogP contribution is -2.27. The first-order valence-corrected chi connectivity index (χ1v) is 6.82. The maximum atomic E-state index is 12.6. The van der Waals surface area contributed by atoms with E-state index in [1.807, 2.05) is 0 Å². The SMILES string of the molecule is CC(C)(C)C1=CC(=C2CC2)C=C(C(C)(C)C)C1=O. The van der Waals surface area contributed by atoms with Crippen LogP contribution in [0.5, 0.6) is 0 Å². The Morgan fingerprint density at radius 1 is 0.833 bits per heavy atom. The second-order valence-electron chi connectivity index (χ2n) is 7.50. The molecule has 0 unspecified atom stereocenters. The van der Waals surface area contributed by atoms with Crippen LogP contribution in [0.1, 0.15) is 54.4 Å². The molecule has 0 aliphatic heterocycles. The topological polar surface area (TPSA) is 17.1 Å². The van der Waals surface area contributed by atoms with Gasteiger partial charge in [-0.2, -0.15) is 0 Å². The zero-order valence-corrected chi connectivity index (χ0v) is 12.5. The maximum absolute atomic E-state index is 12.6. The molecule has 0 radical (unpaired) electrons. The quantitative estimate of drug-likeness (QED) is 0.608. The van der Waals surface area contributed by atoms with Crippen molar-refractivity contribution in [1.82, 2.24) is 0 Å². The molecule has 2 aliphatic rings. The number of carbonyl (C=O) groups excluding carboxylic acids is 1. The summed E-state index contributed by atoms with van der Waals surface area (Å²) in [7, 11) is 0. The fourth-order valence-corrected chi connectivity index (χ4v) is 2.30. The normalized spacial score (nSPS) is 20.9. The zero-order chi connectivity index (χ0) is 13.7. The van der Waals surface area contributed by atoms with Crippen LogP contribution >= 0.6 is 0 Å². The minimum absolute atomic E-state index is 0.0808. The highest BCUT2D eigenvalue weighted by atomic mass is 16.1. The van der Waals surface area contributed by atoms with Gasteiger partial charge in [0, 0.05) is 11.1 Å². The molecular weight excluding hydrogens is 220 g/mol. The van der Waals surface area contributed by atoms with E-state index in [0.29, 0.717) is 0 Å². The molecule has 0 atom stereocenters. The van der Waals surface area contributed by atoms with Crippen molar-refractivity contribution in [1.29, 1.82) is 0 Å². The highest BCUT2D eigenvalue weighted by Gasteiger charge is 2.35. The van der Waals surface area contributed by atoms with E-state index in [4.69, 9.17) is 0 Å². The summed E-state index contributed by atoms with van der Waals surface area (Å²) in [4.78, 5) is 12.6. The maximum Gasteiger partial charge on any atom is 0.186 e. The van der Waals surface area contributed by atoms with Crippen LogP contribution in [0.3, 0.4) is 0 Å². The van der Waals surface area contributed by atoms with Crippen LogP contribution in [0.2, 0.25) is 0 Å². The van der Waals surface area contributed by atoms with Crippen molar-refractivity contribution in [3.05, 3.63) is 34.4 Å². The molecule has 0 N–H and O–H groups in total. The minimum atomic E-state index is -0.0808. The highest BCUT2D eigenvalue weighted by Crippen LogP contribution is 2.42. The van der Waals surface area contributed by atoms with Crippen molar-refractivity contribution >= 4 is 5.78 Å². The summed E-state index contributed by atoms with van der Waals surface area (Å²) < 4.78 is 0. The number of carbonyl (C=O) groups is 1. The van der Waals surface area contributed by atoms with E-state index in [-0.39, 0.29) is 16.6 Å². The fraction of sp³-hybridized carbons (Fsp3) is 0.588. The Morgan fingerprint density at radius 3 is 1.50 bits per heavy atom. The second kappa shape index (κ2) is 3.94. The standard InChI is InChI=1S/C17H24O/c1-16(2,3)13-9-12(11-7-8-11)10-14(15(13)18)17(4,5)6/h9-10H,7-8H2,1-6H3. The molecule has 0 spiro atoms. The lowest BCUT2D eigenvalue weighted by molar-refractivity contribution is -0.114. The van der Waals surface area contributed by atoms with Crippen molar-refractivity contribution in [3.8, 4) is 0 Å². The molecule has 0 saturated heterocycles. The first-order chi connectivity index (χ1) is 8.10. The van der Waals surface area contributed by atoms with Crippen molar-refractivity contribution < 1.29 is 4.79 Å². The van der Waals surface area contributed by atoms with E-state index in [9.17, 15) is 4.79 Å². The van der Waals surface area contributed by atoms with E-state index in [0.717, 1.165) is 11.1 Å². The minimum Gasteiger partial charge on any atom is -0.289 e. The van der Waals surface area contributed by atoms with Crippen LogP contribution in [-0.2, 0) is 4.79 Å². The van der Waals surface area contributed by atoms with E-state index >= 15 is 0 Å². The summed E-state index contributed by atoms with van der Waals surface area (Å²) in [6, 6.07) is 0. The molecule has 18 heavy (non-hydrogen) atoms. The summed E-state index contributed by atoms with van der Waals surface area (Å²) in [6.07, 6.45) is 6.65. The molecule has 1 heteroatoms. The van der Waals surface area contributed by atoms with Gasteiger partial charge >= 0.3 is 0 Å². The summed E-state index contributed by atoms with van der Waals surface area (Å²) >= 11 is 0. The molecule has 1 fully saturated rings. The Morgan fingerprint density at radius 2 is 1.22 bits per heavy atom. The lowest BCUT2D eigenvalue weighted by Gasteiger charge is -2.31. The molecule has 0 aromatic rings. The van der Waals surface area contributed by atoms with E-state index in [2.05, 4.69) is 53.7 Å². The van der Waals surface area contributed by atoms with Crippen molar-refractivity contribution in [2.45, 2.75) is 54.4 Å². The second-order valence-corrected chi connectivity index (χ2v) is 7.50. The molecule has 0 amide bonds. The third-order valence-corrected chi connectivity index (χ3v) is 3.61. The first kappa shape index (κ1) is 13.3.